The Labute approximate surface area is 261 Å². The van der Waals surface area contributed by atoms with E-state index in [1.54, 1.807) is 0 Å². The Morgan fingerprint density at radius 2 is 0.756 bits per heavy atom. The molecule has 9 rings (SSSR count). The van der Waals surface area contributed by atoms with Gasteiger partial charge in [-0.2, -0.15) is 0 Å². The fourth-order valence-corrected chi connectivity index (χ4v) is 7.06. The van der Waals surface area contributed by atoms with Gasteiger partial charge in [-0.15, -0.1) is 0 Å². The van der Waals surface area contributed by atoms with Gasteiger partial charge in [0, 0.05) is 10.8 Å². The zero-order valence-corrected chi connectivity index (χ0v) is 24.6. The van der Waals surface area contributed by atoms with Crippen LogP contribution in [0, 0.1) is 0 Å². The van der Waals surface area contributed by atoms with E-state index in [0.29, 0.717) is 0 Å². The number of hydrogen-bond acceptors (Lipinski definition) is 1. The van der Waals surface area contributed by atoms with Gasteiger partial charge in [-0.3, -0.25) is 0 Å². The smallest absolute Gasteiger partial charge is 0.136 e. The monoisotopic (exact) mass is 572 g/mol. The summed E-state index contributed by atoms with van der Waals surface area (Å²) in [5, 5.41) is 7.28. The summed E-state index contributed by atoms with van der Waals surface area (Å²) in [6, 6.07) is 60.9. The molecule has 8 aromatic carbocycles. The highest BCUT2D eigenvalue weighted by Gasteiger charge is 2.18. The second-order valence-electron chi connectivity index (χ2n) is 11.6. The van der Waals surface area contributed by atoms with Crippen molar-refractivity contribution < 1.29 is 4.42 Å². The minimum absolute atomic E-state index is 0.900. The Morgan fingerprint density at radius 3 is 1.38 bits per heavy atom. The molecule has 0 saturated carbocycles. The van der Waals surface area contributed by atoms with Crippen molar-refractivity contribution in [1.82, 2.24) is 0 Å². The third-order valence-electron chi connectivity index (χ3n) is 9.08. The van der Waals surface area contributed by atoms with Gasteiger partial charge in [0.05, 0.1) is 0 Å². The molecule has 1 aromatic heterocycles. The molecule has 0 spiro atoms. The number of fused-ring (bicyclic) bond motifs is 5. The first kappa shape index (κ1) is 25.6. The van der Waals surface area contributed by atoms with Crippen LogP contribution in [0.25, 0.3) is 88.0 Å². The van der Waals surface area contributed by atoms with Crippen molar-refractivity contribution >= 4 is 43.5 Å². The number of benzene rings is 8. The Balaban J connectivity index is 1.24. The van der Waals surface area contributed by atoms with Crippen molar-refractivity contribution in [2.45, 2.75) is 0 Å². The number of rotatable bonds is 4. The lowest BCUT2D eigenvalue weighted by Gasteiger charge is -2.17. The summed E-state index contributed by atoms with van der Waals surface area (Å²) in [4.78, 5) is 0. The predicted molar refractivity (Wildman–Crippen MR) is 190 cm³/mol. The third kappa shape index (κ3) is 4.17. The standard InChI is InChI=1S/C44H28O/c1-3-13-29(14-4-1)33-17-7-8-18-34(33)31-23-25-35-40-27-32(24-26-41(40)45-42(35)28-31)44-38-21-11-9-19-36(38)43(30-15-5-2-6-16-30)37-20-10-12-22-39(37)44/h1-28H. The summed E-state index contributed by atoms with van der Waals surface area (Å²) in [7, 11) is 0. The molecule has 0 N–H and O–H groups in total. The van der Waals surface area contributed by atoms with Gasteiger partial charge in [-0.25, -0.2) is 0 Å². The van der Waals surface area contributed by atoms with Crippen molar-refractivity contribution in [2.75, 3.05) is 0 Å². The molecule has 0 saturated heterocycles. The van der Waals surface area contributed by atoms with E-state index in [2.05, 4.69) is 170 Å². The Hall–Kier alpha value is -5.92. The summed E-state index contributed by atoms with van der Waals surface area (Å²) < 4.78 is 6.50. The highest BCUT2D eigenvalue weighted by atomic mass is 16.3. The van der Waals surface area contributed by atoms with Gasteiger partial charge in [-0.1, -0.05) is 146 Å². The second kappa shape index (κ2) is 10.4. The van der Waals surface area contributed by atoms with E-state index in [-0.39, 0.29) is 0 Å². The molecule has 0 bridgehead atoms. The highest BCUT2D eigenvalue weighted by Crippen LogP contribution is 2.45. The summed E-state index contributed by atoms with van der Waals surface area (Å²) in [5.74, 6) is 0. The van der Waals surface area contributed by atoms with Crippen LogP contribution in [0.4, 0.5) is 0 Å². The molecule has 1 heterocycles. The van der Waals surface area contributed by atoms with Crippen LogP contribution in [0.5, 0.6) is 0 Å². The zero-order chi connectivity index (χ0) is 29.7. The maximum atomic E-state index is 6.50. The van der Waals surface area contributed by atoms with E-state index in [1.807, 2.05) is 0 Å². The van der Waals surface area contributed by atoms with Crippen LogP contribution < -0.4 is 0 Å². The van der Waals surface area contributed by atoms with E-state index < -0.39 is 0 Å². The van der Waals surface area contributed by atoms with E-state index in [4.69, 9.17) is 4.42 Å². The summed E-state index contributed by atoms with van der Waals surface area (Å²) >= 11 is 0. The molecule has 0 aliphatic heterocycles. The molecule has 0 fully saturated rings. The average molecular weight is 573 g/mol. The summed E-state index contributed by atoms with van der Waals surface area (Å²) in [5.41, 5.74) is 11.5. The number of hydrogen-bond donors (Lipinski definition) is 0. The second-order valence-corrected chi connectivity index (χ2v) is 11.6. The van der Waals surface area contributed by atoms with Crippen molar-refractivity contribution in [3.8, 4) is 44.5 Å². The largest absolute Gasteiger partial charge is 0.456 e. The van der Waals surface area contributed by atoms with Crippen LogP contribution in [0.2, 0.25) is 0 Å². The van der Waals surface area contributed by atoms with Crippen LogP contribution >= 0.6 is 0 Å². The van der Waals surface area contributed by atoms with Gasteiger partial charge in [0.25, 0.3) is 0 Å². The van der Waals surface area contributed by atoms with Crippen molar-refractivity contribution in [3.63, 3.8) is 0 Å². The summed E-state index contributed by atoms with van der Waals surface area (Å²) in [6.07, 6.45) is 0. The molecule has 0 aliphatic carbocycles. The van der Waals surface area contributed by atoms with Crippen molar-refractivity contribution in [2.24, 2.45) is 0 Å². The SMILES string of the molecule is c1ccc(-c2ccccc2-c2ccc3c(c2)oc2ccc(-c4c5ccccc5c(-c5ccccc5)c5ccccc45)cc23)cc1. The average Bonchev–Trinajstić information content (AvgIpc) is 3.48. The van der Waals surface area contributed by atoms with Crippen molar-refractivity contribution in [3.05, 3.63) is 170 Å². The van der Waals surface area contributed by atoms with E-state index in [1.165, 1.54) is 60.5 Å². The van der Waals surface area contributed by atoms with E-state index in [0.717, 1.165) is 27.5 Å². The van der Waals surface area contributed by atoms with Gasteiger partial charge < -0.3 is 4.42 Å². The van der Waals surface area contributed by atoms with Crippen LogP contribution in [0.3, 0.4) is 0 Å². The Kier molecular flexibility index (Phi) is 5.89. The quantitative estimate of drug-likeness (QED) is 0.191. The molecule has 1 heteroatoms. The molecule has 1 nitrogen and oxygen atoms in total. The van der Waals surface area contributed by atoms with E-state index in [9.17, 15) is 0 Å². The summed E-state index contributed by atoms with van der Waals surface area (Å²) in [6.45, 7) is 0. The lowest BCUT2D eigenvalue weighted by Crippen LogP contribution is -1.90. The normalized spacial score (nSPS) is 11.6. The van der Waals surface area contributed by atoms with Gasteiger partial charge in [0.1, 0.15) is 11.2 Å². The molecule has 45 heavy (non-hydrogen) atoms. The maximum absolute atomic E-state index is 6.50. The molecule has 0 radical (unpaired) electrons. The Bertz CT molecular complexity index is 2460. The van der Waals surface area contributed by atoms with Crippen LogP contribution in [0.15, 0.2) is 174 Å². The van der Waals surface area contributed by atoms with Gasteiger partial charge in [-0.05, 0) is 90.3 Å². The molecular weight excluding hydrogens is 544 g/mol. The molecule has 0 unspecified atom stereocenters. The molecule has 210 valence electrons. The van der Waals surface area contributed by atoms with E-state index >= 15 is 0 Å². The minimum atomic E-state index is 0.900. The molecule has 0 amide bonds. The fraction of sp³-hybridized carbons (Fsp3) is 0. The first-order valence-electron chi connectivity index (χ1n) is 15.4. The van der Waals surface area contributed by atoms with Gasteiger partial charge in [0.2, 0.25) is 0 Å². The van der Waals surface area contributed by atoms with Crippen LogP contribution in [0.1, 0.15) is 0 Å². The third-order valence-corrected chi connectivity index (χ3v) is 9.08. The lowest BCUT2D eigenvalue weighted by molar-refractivity contribution is 0.669. The molecule has 9 aromatic rings. The Morgan fingerprint density at radius 1 is 0.267 bits per heavy atom. The molecule has 0 aliphatic rings. The first-order chi connectivity index (χ1) is 22.3. The first-order valence-corrected chi connectivity index (χ1v) is 15.4. The van der Waals surface area contributed by atoms with Crippen molar-refractivity contribution in [1.29, 1.82) is 0 Å². The van der Waals surface area contributed by atoms with Crippen LogP contribution in [-0.4, -0.2) is 0 Å². The minimum Gasteiger partial charge on any atom is -0.456 e. The predicted octanol–water partition coefficient (Wildman–Crippen LogP) is 12.6. The maximum Gasteiger partial charge on any atom is 0.136 e. The fourth-order valence-electron chi connectivity index (χ4n) is 7.06. The van der Waals surface area contributed by atoms with Gasteiger partial charge >= 0.3 is 0 Å². The lowest BCUT2D eigenvalue weighted by atomic mass is 9.86. The zero-order valence-electron chi connectivity index (χ0n) is 24.6. The highest BCUT2D eigenvalue weighted by molar-refractivity contribution is 6.22. The van der Waals surface area contributed by atoms with Gasteiger partial charge in [0.15, 0.2) is 0 Å². The van der Waals surface area contributed by atoms with Crippen LogP contribution in [-0.2, 0) is 0 Å². The number of furan rings is 1. The molecular formula is C44H28O. The topological polar surface area (TPSA) is 13.1 Å². The molecule has 0 atom stereocenters.